The Labute approximate surface area is 169 Å². The lowest BCUT2D eigenvalue weighted by molar-refractivity contribution is 0.198. The highest BCUT2D eigenvalue weighted by Gasteiger charge is 2.24. The Kier molecular flexibility index (Phi) is 5.57. The molecule has 1 fully saturated rings. The van der Waals surface area contributed by atoms with E-state index in [2.05, 4.69) is 14.9 Å². The molecule has 29 heavy (non-hydrogen) atoms. The summed E-state index contributed by atoms with van der Waals surface area (Å²) < 4.78 is 5.21. The van der Waals surface area contributed by atoms with E-state index in [-0.39, 0.29) is 17.2 Å². The van der Waals surface area contributed by atoms with E-state index in [1.54, 1.807) is 25.4 Å². The highest BCUT2D eigenvalue weighted by Crippen LogP contribution is 2.30. The average Bonchev–Trinajstić information content (AvgIpc) is 2.75. The first-order valence-electron chi connectivity index (χ1n) is 9.73. The molecular weight excluding hydrogens is 368 g/mol. The van der Waals surface area contributed by atoms with Gasteiger partial charge in [-0.3, -0.25) is 14.7 Å². The minimum Gasteiger partial charge on any atom is -0.504 e. The van der Waals surface area contributed by atoms with Crippen LogP contribution in [0.4, 0.5) is 0 Å². The molecule has 1 atom stereocenters. The van der Waals surface area contributed by atoms with Crippen molar-refractivity contribution >= 4 is 0 Å². The third kappa shape index (κ3) is 4.46. The van der Waals surface area contributed by atoms with E-state index in [0.717, 1.165) is 43.7 Å². The van der Waals surface area contributed by atoms with Crippen LogP contribution in [0, 0.1) is 0 Å². The molecule has 1 unspecified atom stereocenters. The third-order valence-electron chi connectivity index (χ3n) is 5.24. The van der Waals surface area contributed by atoms with E-state index in [1.807, 2.05) is 30.3 Å². The van der Waals surface area contributed by atoms with Crippen LogP contribution in [0.25, 0.3) is 11.5 Å². The van der Waals surface area contributed by atoms with Gasteiger partial charge >= 0.3 is 0 Å². The zero-order valence-corrected chi connectivity index (χ0v) is 16.3. The van der Waals surface area contributed by atoms with Crippen molar-refractivity contribution in [2.45, 2.75) is 25.3 Å². The average molecular weight is 392 g/mol. The summed E-state index contributed by atoms with van der Waals surface area (Å²) in [6, 6.07) is 12.6. The predicted molar refractivity (Wildman–Crippen MR) is 110 cm³/mol. The fraction of sp³-hybridized carbons (Fsp3) is 0.318. The molecule has 1 aromatic carbocycles. The highest BCUT2D eigenvalue weighted by atomic mass is 16.5. The number of aromatic nitrogens is 3. The van der Waals surface area contributed by atoms with Crippen molar-refractivity contribution in [2.24, 2.45) is 0 Å². The molecule has 150 valence electrons. The summed E-state index contributed by atoms with van der Waals surface area (Å²) >= 11 is 0. The maximum absolute atomic E-state index is 12.2. The summed E-state index contributed by atoms with van der Waals surface area (Å²) in [5.74, 6) is 1.32. The first-order chi connectivity index (χ1) is 14.1. The van der Waals surface area contributed by atoms with Gasteiger partial charge in [-0.25, -0.2) is 4.98 Å². The number of piperidine rings is 1. The molecule has 0 spiro atoms. The fourth-order valence-corrected chi connectivity index (χ4v) is 3.83. The maximum Gasteiger partial charge on any atom is 0.251 e. The van der Waals surface area contributed by atoms with Gasteiger partial charge in [-0.05, 0) is 49.2 Å². The van der Waals surface area contributed by atoms with Gasteiger partial charge in [0.1, 0.15) is 5.69 Å². The highest BCUT2D eigenvalue weighted by molar-refractivity contribution is 5.48. The number of aromatic amines is 1. The Balaban J connectivity index is 1.53. The topological polar surface area (TPSA) is 91.3 Å². The predicted octanol–water partition coefficient (Wildman–Crippen LogP) is 2.93. The zero-order chi connectivity index (χ0) is 20.2. The molecule has 7 heteroatoms. The molecule has 0 radical (unpaired) electrons. The van der Waals surface area contributed by atoms with Crippen LogP contribution in [0.3, 0.4) is 0 Å². The molecule has 3 aromatic rings. The van der Waals surface area contributed by atoms with E-state index in [9.17, 15) is 9.90 Å². The first kappa shape index (κ1) is 19.1. The zero-order valence-electron chi connectivity index (χ0n) is 16.3. The van der Waals surface area contributed by atoms with Crippen molar-refractivity contribution in [1.82, 2.24) is 19.9 Å². The smallest absolute Gasteiger partial charge is 0.251 e. The minimum atomic E-state index is -0.156. The van der Waals surface area contributed by atoms with Crippen LogP contribution in [-0.2, 0) is 6.54 Å². The maximum atomic E-state index is 12.2. The Hall–Kier alpha value is -3.19. The Morgan fingerprint density at radius 2 is 2.17 bits per heavy atom. The number of phenols is 1. The number of benzene rings is 1. The van der Waals surface area contributed by atoms with Crippen molar-refractivity contribution in [1.29, 1.82) is 0 Å². The second-order valence-corrected chi connectivity index (χ2v) is 7.31. The van der Waals surface area contributed by atoms with E-state index < -0.39 is 0 Å². The second-order valence-electron chi connectivity index (χ2n) is 7.31. The van der Waals surface area contributed by atoms with E-state index in [0.29, 0.717) is 17.3 Å². The molecule has 4 rings (SSSR count). The molecule has 0 bridgehead atoms. The molecular formula is C22H24N4O3. The number of pyridine rings is 1. The lowest BCUT2D eigenvalue weighted by Crippen LogP contribution is -2.34. The lowest BCUT2D eigenvalue weighted by atomic mass is 9.94. The molecule has 2 aromatic heterocycles. The Morgan fingerprint density at radius 3 is 2.97 bits per heavy atom. The Morgan fingerprint density at radius 1 is 1.28 bits per heavy atom. The Bertz CT molecular complexity index is 1040. The van der Waals surface area contributed by atoms with Gasteiger partial charge in [-0.1, -0.05) is 12.1 Å². The van der Waals surface area contributed by atoms with Gasteiger partial charge in [-0.15, -0.1) is 0 Å². The van der Waals surface area contributed by atoms with Gasteiger partial charge in [0.2, 0.25) is 0 Å². The van der Waals surface area contributed by atoms with Crippen molar-refractivity contribution in [3.8, 4) is 23.0 Å². The monoisotopic (exact) mass is 392 g/mol. The molecule has 0 saturated carbocycles. The van der Waals surface area contributed by atoms with Gasteiger partial charge in [0.25, 0.3) is 5.56 Å². The van der Waals surface area contributed by atoms with Crippen LogP contribution >= 0.6 is 0 Å². The van der Waals surface area contributed by atoms with E-state index >= 15 is 0 Å². The molecule has 0 aliphatic carbocycles. The molecule has 2 N–H and O–H groups in total. The van der Waals surface area contributed by atoms with Crippen molar-refractivity contribution in [3.05, 3.63) is 70.3 Å². The molecule has 1 aliphatic rings. The number of phenolic OH excluding ortho intramolecular Hbond substituents is 1. The summed E-state index contributed by atoms with van der Waals surface area (Å²) in [6.45, 7) is 2.56. The first-order valence-corrected chi connectivity index (χ1v) is 9.73. The van der Waals surface area contributed by atoms with Crippen LogP contribution in [0.5, 0.6) is 11.5 Å². The van der Waals surface area contributed by atoms with Gasteiger partial charge < -0.3 is 14.8 Å². The summed E-state index contributed by atoms with van der Waals surface area (Å²) in [5, 5.41) is 9.79. The van der Waals surface area contributed by atoms with Crippen LogP contribution in [0.15, 0.2) is 53.5 Å². The molecule has 3 heterocycles. The van der Waals surface area contributed by atoms with Crippen molar-refractivity contribution in [3.63, 3.8) is 0 Å². The van der Waals surface area contributed by atoms with E-state index in [4.69, 9.17) is 9.72 Å². The van der Waals surface area contributed by atoms with Crippen molar-refractivity contribution < 1.29 is 9.84 Å². The van der Waals surface area contributed by atoms with Gasteiger partial charge in [0, 0.05) is 31.3 Å². The number of hydrogen-bond donors (Lipinski definition) is 2. The second kappa shape index (κ2) is 8.45. The van der Waals surface area contributed by atoms with Gasteiger partial charge in [0.05, 0.1) is 12.8 Å². The SMILES string of the molecule is COc1cc(CN2CCCC(c3cc(=O)[nH]c(-c4ccccn4)n3)C2)ccc1O. The normalized spacial score (nSPS) is 17.2. The number of ether oxygens (including phenoxy) is 1. The van der Waals surface area contributed by atoms with Crippen LogP contribution < -0.4 is 10.3 Å². The van der Waals surface area contributed by atoms with Gasteiger partial charge in [-0.2, -0.15) is 0 Å². The summed E-state index contributed by atoms with van der Waals surface area (Å²) in [5.41, 5.74) is 2.39. The standard InChI is InChI=1S/C22H24N4O3/c1-29-20-11-15(7-8-19(20)27)13-26-10-4-5-16(14-26)18-12-21(28)25-22(24-18)17-6-2-3-9-23-17/h2-3,6-9,11-12,16,27H,4-5,10,13-14H2,1H3,(H,24,25,28). The number of H-pyrrole nitrogens is 1. The van der Waals surface area contributed by atoms with Crippen LogP contribution in [0.1, 0.15) is 30.0 Å². The summed E-state index contributed by atoms with van der Waals surface area (Å²) in [6.07, 6.45) is 3.72. The number of hydrogen-bond acceptors (Lipinski definition) is 6. The summed E-state index contributed by atoms with van der Waals surface area (Å²) in [4.78, 5) is 26.4. The number of aromatic hydroxyl groups is 1. The molecule has 7 nitrogen and oxygen atoms in total. The van der Waals surface area contributed by atoms with Crippen LogP contribution in [-0.4, -0.2) is 45.2 Å². The quantitative estimate of drug-likeness (QED) is 0.694. The number of methoxy groups -OCH3 is 1. The summed E-state index contributed by atoms with van der Waals surface area (Å²) in [7, 11) is 1.55. The lowest BCUT2D eigenvalue weighted by Gasteiger charge is -2.32. The molecule has 0 amide bonds. The number of rotatable bonds is 5. The third-order valence-corrected chi connectivity index (χ3v) is 5.24. The van der Waals surface area contributed by atoms with E-state index in [1.165, 1.54) is 0 Å². The van der Waals surface area contributed by atoms with Crippen molar-refractivity contribution in [2.75, 3.05) is 20.2 Å². The molecule has 1 saturated heterocycles. The number of nitrogens with zero attached hydrogens (tertiary/aromatic N) is 3. The number of nitrogens with one attached hydrogen (secondary N) is 1. The van der Waals surface area contributed by atoms with Crippen LogP contribution in [0.2, 0.25) is 0 Å². The van der Waals surface area contributed by atoms with Gasteiger partial charge in [0.15, 0.2) is 17.3 Å². The fourth-order valence-electron chi connectivity index (χ4n) is 3.83. The number of likely N-dealkylation sites (tertiary alicyclic amines) is 1. The minimum absolute atomic E-state index is 0.141. The largest absolute Gasteiger partial charge is 0.504 e. The molecule has 1 aliphatic heterocycles.